The van der Waals surface area contributed by atoms with E-state index in [2.05, 4.69) is 9.97 Å². The minimum Gasteiger partial charge on any atom is -0.505 e. The van der Waals surface area contributed by atoms with Crippen molar-refractivity contribution in [1.29, 1.82) is 0 Å². The summed E-state index contributed by atoms with van der Waals surface area (Å²) in [6, 6.07) is 9.67. The van der Waals surface area contributed by atoms with Gasteiger partial charge in [-0.1, -0.05) is 35.6 Å². The van der Waals surface area contributed by atoms with Crippen LogP contribution in [0.4, 0.5) is 9.52 Å². The van der Waals surface area contributed by atoms with Crippen molar-refractivity contribution in [2.75, 3.05) is 4.90 Å². The highest BCUT2D eigenvalue weighted by Gasteiger charge is 2.49. The van der Waals surface area contributed by atoms with Gasteiger partial charge in [-0.05, 0) is 32.0 Å². The number of ketones is 2. The summed E-state index contributed by atoms with van der Waals surface area (Å²) >= 11 is 0.940. The number of carbonyl (C=O) groups is 3. The highest BCUT2D eigenvalue weighted by molar-refractivity contribution is 7.18. The second-order valence-electron chi connectivity index (χ2n) is 8.13. The van der Waals surface area contributed by atoms with Crippen molar-refractivity contribution >= 4 is 45.3 Å². The molecule has 1 fully saturated rings. The van der Waals surface area contributed by atoms with Gasteiger partial charge >= 0.3 is 5.91 Å². The molecule has 1 unspecified atom stereocenters. The summed E-state index contributed by atoms with van der Waals surface area (Å²) in [4.78, 5) is 48.8. The molecule has 0 aliphatic carbocycles. The average Bonchev–Trinajstić information content (AvgIpc) is 3.44. The molecule has 0 radical (unpaired) electrons. The molecular formula is C25H19FN4O4S. The maximum absolute atomic E-state index is 15.1. The lowest BCUT2D eigenvalue weighted by atomic mass is 9.96. The summed E-state index contributed by atoms with van der Waals surface area (Å²) < 4.78 is 16.7. The second kappa shape index (κ2) is 8.24. The van der Waals surface area contributed by atoms with E-state index < -0.39 is 29.3 Å². The fourth-order valence-corrected chi connectivity index (χ4v) is 5.35. The third-order valence-corrected chi connectivity index (χ3v) is 7.14. The van der Waals surface area contributed by atoms with Crippen LogP contribution in [0.2, 0.25) is 0 Å². The van der Waals surface area contributed by atoms with E-state index >= 15 is 4.39 Å². The van der Waals surface area contributed by atoms with Crippen molar-refractivity contribution in [1.82, 2.24) is 14.4 Å². The maximum atomic E-state index is 15.1. The zero-order valence-electron chi connectivity index (χ0n) is 18.9. The Morgan fingerprint density at radius 2 is 1.77 bits per heavy atom. The topological polar surface area (TPSA) is 105 Å². The molecule has 0 saturated carbocycles. The summed E-state index contributed by atoms with van der Waals surface area (Å²) in [7, 11) is 0. The van der Waals surface area contributed by atoms with E-state index in [0.717, 1.165) is 16.2 Å². The number of fused-ring (bicyclic) bond motifs is 1. The summed E-state index contributed by atoms with van der Waals surface area (Å²) in [5.74, 6) is -3.35. The Morgan fingerprint density at radius 3 is 2.46 bits per heavy atom. The van der Waals surface area contributed by atoms with Crippen LogP contribution < -0.4 is 4.90 Å². The van der Waals surface area contributed by atoms with Crippen LogP contribution in [0.1, 0.15) is 45.3 Å². The van der Waals surface area contributed by atoms with E-state index in [1.54, 1.807) is 48.7 Å². The predicted octanol–water partition coefficient (Wildman–Crippen LogP) is 4.38. The molecular weight excluding hydrogens is 471 g/mol. The quantitative estimate of drug-likeness (QED) is 0.197. The van der Waals surface area contributed by atoms with Gasteiger partial charge in [0, 0.05) is 18.7 Å². The number of halogens is 1. The molecule has 4 heterocycles. The number of imidazole rings is 1. The number of Topliss-reactive ketones (excluding diaryl/α,β-unsaturated/α-hetero) is 2. The van der Waals surface area contributed by atoms with Crippen LogP contribution in [-0.2, 0) is 9.59 Å². The van der Waals surface area contributed by atoms with Crippen molar-refractivity contribution in [2.24, 2.45) is 0 Å². The Bertz CT molecular complexity index is 1590. The number of rotatable bonds is 4. The first-order valence-electron chi connectivity index (χ1n) is 10.7. The molecule has 176 valence electrons. The molecule has 0 bridgehead atoms. The number of hydrogen-bond acceptors (Lipinski definition) is 7. The largest absolute Gasteiger partial charge is 0.505 e. The summed E-state index contributed by atoms with van der Waals surface area (Å²) in [6.45, 7) is 4.66. The number of aromatic nitrogens is 3. The first kappa shape index (κ1) is 22.6. The van der Waals surface area contributed by atoms with Gasteiger partial charge in [-0.25, -0.2) is 14.4 Å². The van der Waals surface area contributed by atoms with Gasteiger partial charge in [0.15, 0.2) is 16.7 Å². The SMILES string of the molecule is CC(=O)c1sc(N2C(=O)C(=O)C(=C(O)c3c(C)nc4ccccn34)C2c2ccccc2F)nc1C. The van der Waals surface area contributed by atoms with E-state index in [1.807, 2.05) is 0 Å². The van der Waals surface area contributed by atoms with Crippen molar-refractivity contribution in [3.8, 4) is 0 Å². The zero-order valence-corrected chi connectivity index (χ0v) is 19.8. The van der Waals surface area contributed by atoms with Crippen molar-refractivity contribution < 1.29 is 23.9 Å². The number of carbonyl (C=O) groups excluding carboxylic acids is 3. The standard InChI is InChI=1S/C25H19FN4O4S/c1-12-19(29-11-7-6-10-17(29)27-12)21(32)18-20(15-8-4-5-9-16(15)26)30(24(34)22(18)33)25-28-13(2)23(35-25)14(3)31/h4-11,20,32H,1-3H3. The fraction of sp³-hybridized carbons (Fsp3) is 0.160. The summed E-state index contributed by atoms with van der Waals surface area (Å²) in [6.07, 6.45) is 1.67. The number of pyridine rings is 1. The molecule has 1 amide bonds. The van der Waals surface area contributed by atoms with Gasteiger partial charge in [-0.3, -0.25) is 23.7 Å². The lowest BCUT2D eigenvalue weighted by Crippen LogP contribution is -2.29. The van der Waals surface area contributed by atoms with Crippen LogP contribution >= 0.6 is 11.3 Å². The number of nitrogens with zero attached hydrogens (tertiary/aromatic N) is 4. The molecule has 3 aromatic heterocycles. The molecule has 0 spiro atoms. The van der Waals surface area contributed by atoms with Gasteiger partial charge in [-0.15, -0.1) is 0 Å². The molecule has 5 rings (SSSR count). The van der Waals surface area contributed by atoms with E-state index in [4.69, 9.17) is 0 Å². The first-order chi connectivity index (χ1) is 16.7. The Morgan fingerprint density at radius 1 is 1.06 bits per heavy atom. The van der Waals surface area contributed by atoms with Crippen LogP contribution in [0, 0.1) is 19.7 Å². The molecule has 1 aromatic carbocycles. The average molecular weight is 491 g/mol. The van der Waals surface area contributed by atoms with Gasteiger partial charge in [0.25, 0.3) is 5.78 Å². The van der Waals surface area contributed by atoms with Crippen molar-refractivity contribution in [2.45, 2.75) is 26.8 Å². The van der Waals surface area contributed by atoms with Gasteiger partial charge in [0.05, 0.1) is 21.8 Å². The molecule has 1 aliphatic rings. The van der Waals surface area contributed by atoms with Crippen LogP contribution in [0.25, 0.3) is 11.4 Å². The number of hydrogen-bond donors (Lipinski definition) is 1. The van der Waals surface area contributed by atoms with Crippen LogP contribution in [0.3, 0.4) is 0 Å². The van der Waals surface area contributed by atoms with Crippen LogP contribution in [-0.4, -0.2) is 36.9 Å². The molecule has 35 heavy (non-hydrogen) atoms. The van der Waals surface area contributed by atoms with Crippen molar-refractivity contribution in [3.05, 3.63) is 87.6 Å². The van der Waals surface area contributed by atoms with E-state index in [0.29, 0.717) is 21.9 Å². The highest BCUT2D eigenvalue weighted by atomic mass is 32.1. The number of aliphatic hydroxyl groups excluding tert-OH is 1. The highest BCUT2D eigenvalue weighted by Crippen LogP contribution is 2.44. The number of amides is 1. The number of anilines is 1. The van der Waals surface area contributed by atoms with Crippen molar-refractivity contribution in [3.63, 3.8) is 0 Å². The Kier molecular flexibility index (Phi) is 5.32. The lowest BCUT2D eigenvalue weighted by molar-refractivity contribution is -0.132. The molecule has 1 atom stereocenters. The zero-order chi connectivity index (χ0) is 25.0. The minimum absolute atomic E-state index is 0.0111. The van der Waals surface area contributed by atoms with Crippen LogP contribution in [0.15, 0.2) is 54.2 Å². The Balaban J connectivity index is 1.80. The predicted molar refractivity (Wildman–Crippen MR) is 128 cm³/mol. The van der Waals surface area contributed by atoms with Gasteiger partial charge in [-0.2, -0.15) is 0 Å². The lowest BCUT2D eigenvalue weighted by Gasteiger charge is -2.23. The number of aryl methyl sites for hydroxylation is 2. The van der Waals surface area contributed by atoms with Crippen LogP contribution in [0.5, 0.6) is 0 Å². The molecule has 8 nitrogen and oxygen atoms in total. The smallest absolute Gasteiger partial charge is 0.301 e. The molecule has 1 N–H and O–H groups in total. The van der Waals surface area contributed by atoms with E-state index in [9.17, 15) is 19.5 Å². The number of benzene rings is 1. The first-order valence-corrected chi connectivity index (χ1v) is 11.5. The summed E-state index contributed by atoms with van der Waals surface area (Å²) in [5, 5.41) is 11.5. The van der Waals surface area contributed by atoms with E-state index in [-0.39, 0.29) is 27.7 Å². The Labute approximate surface area is 203 Å². The number of aliphatic hydroxyl groups is 1. The normalized spacial score (nSPS) is 17.5. The second-order valence-corrected chi connectivity index (χ2v) is 9.11. The molecule has 10 heteroatoms. The summed E-state index contributed by atoms with van der Waals surface area (Å²) in [5.41, 5.74) is 1.30. The van der Waals surface area contributed by atoms with Gasteiger partial charge < -0.3 is 5.11 Å². The maximum Gasteiger partial charge on any atom is 0.301 e. The third kappa shape index (κ3) is 3.45. The molecule has 4 aromatic rings. The molecule has 1 saturated heterocycles. The monoisotopic (exact) mass is 490 g/mol. The third-order valence-electron chi connectivity index (χ3n) is 5.88. The van der Waals surface area contributed by atoms with Gasteiger partial charge in [0.1, 0.15) is 23.2 Å². The Hall–Kier alpha value is -4.18. The minimum atomic E-state index is -1.30. The number of thiazole rings is 1. The fourth-order valence-electron chi connectivity index (χ4n) is 4.36. The van der Waals surface area contributed by atoms with Gasteiger partial charge in [0.2, 0.25) is 0 Å². The molecule has 1 aliphatic heterocycles. The van der Waals surface area contributed by atoms with E-state index in [1.165, 1.54) is 25.1 Å².